The fraction of sp³-hybridized carbons (Fsp3) is 0.385. The molecule has 1 atom stereocenters. The minimum absolute atomic E-state index is 0.201. The van der Waals surface area contributed by atoms with Gasteiger partial charge in [0.15, 0.2) is 5.84 Å². The second kappa shape index (κ2) is 4.59. The Hall–Kier alpha value is -1.89. The van der Waals surface area contributed by atoms with Crippen LogP contribution in [0.2, 0.25) is 0 Å². The average molecular weight is 294 g/mol. The van der Waals surface area contributed by atoms with Crippen LogP contribution >= 0.6 is 0 Å². The number of sulfonamides is 1. The summed E-state index contributed by atoms with van der Waals surface area (Å²) in [6.07, 6.45) is 1.34. The highest BCUT2D eigenvalue weighted by Gasteiger charge is 2.34. The van der Waals surface area contributed by atoms with Crippen LogP contribution in [0, 0.1) is 5.92 Å². The maximum absolute atomic E-state index is 12.0. The number of carboxylic acids is 1. The summed E-state index contributed by atoms with van der Waals surface area (Å²) < 4.78 is 27.8. The smallest absolute Gasteiger partial charge is 0.308 e. The molecule has 1 unspecified atom stereocenters. The number of nitrogens with zero attached hydrogens (tertiary/aromatic N) is 2. The summed E-state index contributed by atoms with van der Waals surface area (Å²) in [5.41, 5.74) is 0.568. The van der Waals surface area contributed by atoms with Crippen molar-refractivity contribution in [3.8, 4) is 0 Å². The van der Waals surface area contributed by atoms with E-state index < -0.39 is 21.9 Å². The summed E-state index contributed by atoms with van der Waals surface area (Å²) in [5, 5.41) is 9.11. The molecule has 0 aromatic heterocycles. The van der Waals surface area contributed by atoms with Gasteiger partial charge in [-0.05, 0) is 25.0 Å². The first-order valence-electron chi connectivity index (χ1n) is 6.41. The van der Waals surface area contributed by atoms with Gasteiger partial charge in [0.05, 0.1) is 5.92 Å². The molecule has 106 valence electrons. The first-order valence-corrected chi connectivity index (χ1v) is 7.85. The van der Waals surface area contributed by atoms with Crippen molar-refractivity contribution in [3.05, 3.63) is 29.8 Å². The van der Waals surface area contributed by atoms with Gasteiger partial charge in [-0.25, -0.2) is 0 Å². The van der Waals surface area contributed by atoms with Crippen LogP contribution in [0.5, 0.6) is 0 Å². The van der Waals surface area contributed by atoms with Crippen molar-refractivity contribution in [2.75, 3.05) is 13.1 Å². The molecule has 20 heavy (non-hydrogen) atoms. The van der Waals surface area contributed by atoms with Crippen LogP contribution in [0.1, 0.15) is 18.4 Å². The van der Waals surface area contributed by atoms with Crippen LogP contribution in [0.4, 0.5) is 0 Å². The van der Waals surface area contributed by atoms with E-state index in [0.29, 0.717) is 30.9 Å². The molecule has 0 radical (unpaired) electrons. The fourth-order valence-corrected chi connectivity index (χ4v) is 3.92. The third-order valence-corrected chi connectivity index (χ3v) is 5.01. The number of aliphatic carboxylic acids is 1. The molecular weight excluding hydrogens is 280 g/mol. The number of carboxylic acid groups (broad SMARTS) is 1. The Bertz CT molecular complexity index is 696. The molecule has 1 saturated heterocycles. The van der Waals surface area contributed by atoms with Gasteiger partial charge in [0.1, 0.15) is 4.90 Å². The summed E-state index contributed by atoms with van der Waals surface area (Å²) in [5.74, 6) is -0.932. The molecule has 7 heteroatoms. The minimum Gasteiger partial charge on any atom is -0.481 e. The monoisotopic (exact) mass is 294 g/mol. The summed E-state index contributed by atoms with van der Waals surface area (Å²) in [6.45, 7) is 0.935. The molecule has 0 bridgehead atoms. The summed E-state index contributed by atoms with van der Waals surface area (Å²) in [7, 11) is -3.64. The number of fused-ring (bicyclic) bond motifs is 1. The molecule has 0 saturated carbocycles. The van der Waals surface area contributed by atoms with Crippen molar-refractivity contribution in [1.29, 1.82) is 0 Å². The highest BCUT2D eigenvalue weighted by Crippen LogP contribution is 2.29. The van der Waals surface area contributed by atoms with E-state index in [1.807, 2.05) is 0 Å². The largest absolute Gasteiger partial charge is 0.481 e. The van der Waals surface area contributed by atoms with Gasteiger partial charge >= 0.3 is 5.97 Å². The number of carbonyl (C=O) groups is 1. The van der Waals surface area contributed by atoms with Crippen LogP contribution < -0.4 is 0 Å². The van der Waals surface area contributed by atoms with Crippen LogP contribution in [-0.2, 0) is 14.8 Å². The zero-order chi connectivity index (χ0) is 14.3. The zero-order valence-corrected chi connectivity index (χ0v) is 11.5. The van der Waals surface area contributed by atoms with Gasteiger partial charge in [-0.3, -0.25) is 4.79 Å². The molecule has 1 N–H and O–H groups in total. The molecule has 3 rings (SSSR count). The number of piperidine rings is 1. The van der Waals surface area contributed by atoms with Crippen molar-refractivity contribution in [1.82, 2.24) is 4.90 Å². The predicted molar refractivity (Wildman–Crippen MR) is 72.1 cm³/mol. The van der Waals surface area contributed by atoms with E-state index in [4.69, 9.17) is 5.11 Å². The Kier molecular flexibility index (Phi) is 3.01. The Morgan fingerprint density at radius 1 is 1.35 bits per heavy atom. The van der Waals surface area contributed by atoms with Crippen molar-refractivity contribution in [3.63, 3.8) is 0 Å². The van der Waals surface area contributed by atoms with E-state index in [-0.39, 0.29) is 4.90 Å². The summed E-state index contributed by atoms with van der Waals surface area (Å²) in [6, 6.07) is 6.65. The SMILES string of the molecule is O=C(O)C1CCCN(C2=NS(=O)(=O)c3ccccc32)C1. The second-order valence-electron chi connectivity index (χ2n) is 5.01. The van der Waals surface area contributed by atoms with Crippen LogP contribution in [0.3, 0.4) is 0 Å². The number of likely N-dealkylation sites (tertiary alicyclic amines) is 1. The highest BCUT2D eigenvalue weighted by molar-refractivity contribution is 7.90. The number of benzene rings is 1. The first kappa shape index (κ1) is 13.1. The fourth-order valence-electron chi connectivity index (χ4n) is 2.69. The maximum Gasteiger partial charge on any atom is 0.308 e. The molecular formula is C13H14N2O4S. The minimum atomic E-state index is -3.64. The summed E-state index contributed by atoms with van der Waals surface area (Å²) >= 11 is 0. The van der Waals surface area contributed by atoms with Gasteiger partial charge in [0.25, 0.3) is 10.0 Å². The van der Waals surface area contributed by atoms with Crippen molar-refractivity contribution in [2.45, 2.75) is 17.7 Å². The molecule has 1 fully saturated rings. The van der Waals surface area contributed by atoms with Gasteiger partial charge in [0, 0.05) is 18.7 Å². The quantitative estimate of drug-likeness (QED) is 0.832. The number of hydrogen-bond acceptors (Lipinski definition) is 4. The molecule has 2 aliphatic rings. The molecule has 0 amide bonds. The Labute approximate surface area is 116 Å². The lowest BCUT2D eigenvalue weighted by Crippen LogP contribution is -2.42. The lowest BCUT2D eigenvalue weighted by Gasteiger charge is -2.32. The number of rotatable bonds is 1. The van der Waals surface area contributed by atoms with Gasteiger partial charge in [-0.2, -0.15) is 8.42 Å². The molecule has 0 spiro atoms. The Morgan fingerprint density at radius 2 is 2.10 bits per heavy atom. The van der Waals surface area contributed by atoms with Crippen LogP contribution in [-0.4, -0.2) is 43.3 Å². The van der Waals surface area contributed by atoms with Gasteiger partial charge in [-0.1, -0.05) is 12.1 Å². The van der Waals surface area contributed by atoms with E-state index in [2.05, 4.69) is 4.40 Å². The van der Waals surface area contributed by atoms with Gasteiger partial charge in [-0.15, -0.1) is 4.40 Å². The third-order valence-electron chi connectivity index (χ3n) is 3.68. The Morgan fingerprint density at radius 3 is 2.85 bits per heavy atom. The lowest BCUT2D eigenvalue weighted by molar-refractivity contribution is -0.143. The molecule has 6 nitrogen and oxygen atoms in total. The van der Waals surface area contributed by atoms with Gasteiger partial charge in [0.2, 0.25) is 0 Å². The molecule has 2 aliphatic heterocycles. The van der Waals surface area contributed by atoms with Crippen molar-refractivity contribution < 1.29 is 18.3 Å². The third kappa shape index (κ3) is 2.07. The van der Waals surface area contributed by atoms with E-state index in [1.54, 1.807) is 23.1 Å². The zero-order valence-electron chi connectivity index (χ0n) is 10.7. The summed E-state index contributed by atoms with van der Waals surface area (Å²) in [4.78, 5) is 13.1. The first-order chi connectivity index (χ1) is 9.49. The van der Waals surface area contributed by atoms with Crippen LogP contribution in [0.25, 0.3) is 0 Å². The normalized spacial score (nSPS) is 24.1. The average Bonchev–Trinajstić information content (AvgIpc) is 2.72. The predicted octanol–water partition coefficient (Wildman–Crippen LogP) is 0.932. The number of hydrogen-bond donors (Lipinski definition) is 1. The number of amidine groups is 1. The van der Waals surface area contributed by atoms with E-state index in [9.17, 15) is 13.2 Å². The lowest BCUT2D eigenvalue weighted by atomic mass is 9.97. The van der Waals surface area contributed by atoms with E-state index in [0.717, 1.165) is 6.42 Å². The standard InChI is InChI=1S/C13H14N2O4S/c16-13(17)9-4-3-7-15(8-9)12-10-5-1-2-6-11(10)20(18,19)14-12/h1-2,5-6,9H,3-4,7-8H2,(H,16,17). The maximum atomic E-state index is 12.0. The molecule has 1 aromatic rings. The topological polar surface area (TPSA) is 87.0 Å². The molecule has 1 aromatic carbocycles. The van der Waals surface area contributed by atoms with E-state index >= 15 is 0 Å². The second-order valence-corrected chi connectivity index (χ2v) is 6.58. The van der Waals surface area contributed by atoms with Gasteiger partial charge < -0.3 is 10.0 Å². The van der Waals surface area contributed by atoms with Crippen LogP contribution in [0.15, 0.2) is 33.6 Å². The van der Waals surface area contributed by atoms with E-state index in [1.165, 1.54) is 6.07 Å². The highest BCUT2D eigenvalue weighted by atomic mass is 32.2. The van der Waals surface area contributed by atoms with Crippen molar-refractivity contribution in [2.24, 2.45) is 10.3 Å². The molecule has 2 heterocycles. The Balaban J connectivity index is 1.97. The van der Waals surface area contributed by atoms with Crippen molar-refractivity contribution >= 4 is 21.8 Å². The molecule has 0 aliphatic carbocycles.